The summed E-state index contributed by atoms with van der Waals surface area (Å²) in [5, 5.41) is 0.549. The quantitative estimate of drug-likeness (QED) is 0.853. The molecule has 0 saturated heterocycles. The number of hydrogen-bond donors (Lipinski definition) is 1. The Bertz CT molecular complexity index is 413. The fourth-order valence-corrected chi connectivity index (χ4v) is 2.33. The van der Waals surface area contributed by atoms with E-state index in [1.807, 2.05) is 18.2 Å². The summed E-state index contributed by atoms with van der Waals surface area (Å²) in [7, 11) is 0. The molecule has 5 heteroatoms. The second-order valence-electron chi connectivity index (χ2n) is 2.39. The van der Waals surface area contributed by atoms with E-state index < -0.39 is 0 Å². The Hall–Kier alpha value is -0.940. The molecule has 0 bridgehead atoms. The van der Waals surface area contributed by atoms with Crippen LogP contribution in [0.4, 0.5) is 5.13 Å². The van der Waals surface area contributed by atoms with Gasteiger partial charge in [-0.3, -0.25) is 4.98 Å². The molecule has 0 aliphatic carbocycles. The molecule has 3 nitrogen and oxygen atoms in total. The normalized spacial score (nSPS) is 10.2. The van der Waals surface area contributed by atoms with Gasteiger partial charge in [0.1, 0.15) is 9.48 Å². The van der Waals surface area contributed by atoms with Crippen LogP contribution in [0.15, 0.2) is 28.2 Å². The lowest BCUT2D eigenvalue weighted by molar-refractivity contribution is 1.28. The summed E-state index contributed by atoms with van der Waals surface area (Å²) >= 11 is 4.80. The molecule has 0 aliphatic rings. The van der Waals surface area contributed by atoms with Gasteiger partial charge in [0.2, 0.25) is 0 Å². The van der Waals surface area contributed by atoms with Crippen molar-refractivity contribution in [1.29, 1.82) is 0 Å². The standard InChI is InChI=1S/C8H6BrN3S/c9-7-6(12-8(10)13-7)5-3-1-2-4-11-5/h1-4H,(H2,10,12). The molecular weight excluding hydrogens is 250 g/mol. The Morgan fingerprint density at radius 3 is 2.77 bits per heavy atom. The number of thiazole rings is 1. The minimum Gasteiger partial charge on any atom is -0.375 e. The van der Waals surface area contributed by atoms with E-state index >= 15 is 0 Å². The number of nitrogens with two attached hydrogens (primary N) is 1. The fraction of sp³-hybridized carbons (Fsp3) is 0. The second kappa shape index (κ2) is 3.43. The summed E-state index contributed by atoms with van der Waals surface area (Å²) in [6.45, 7) is 0. The number of halogens is 1. The summed E-state index contributed by atoms with van der Waals surface area (Å²) in [6, 6.07) is 5.69. The Labute approximate surface area is 87.8 Å². The topological polar surface area (TPSA) is 51.8 Å². The van der Waals surface area contributed by atoms with Crippen molar-refractivity contribution in [2.24, 2.45) is 0 Å². The van der Waals surface area contributed by atoms with Gasteiger partial charge in [-0.05, 0) is 28.1 Å². The van der Waals surface area contributed by atoms with Crippen molar-refractivity contribution in [2.75, 3.05) is 5.73 Å². The van der Waals surface area contributed by atoms with Crippen LogP contribution in [-0.4, -0.2) is 9.97 Å². The van der Waals surface area contributed by atoms with Gasteiger partial charge in [-0.25, -0.2) is 4.98 Å². The zero-order chi connectivity index (χ0) is 9.26. The average Bonchev–Trinajstić information content (AvgIpc) is 2.47. The molecule has 0 saturated carbocycles. The van der Waals surface area contributed by atoms with Crippen LogP contribution in [-0.2, 0) is 0 Å². The zero-order valence-corrected chi connectivity index (χ0v) is 8.97. The van der Waals surface area contributed by atoms with E-state index in [-0.39, 0.29) is 0 Å². The van der Waals surface area contributed by atoms with E-state index in [1.54, 1.807) is 6.20 Å². The average molecular weight is 256 g/mol. The largest absolute Gasteiger partial charge is 0.375 e. The summed E-state index contributed by atoms with van der Waals surface area (Å²) in [4.78, 5) is 8.35. The molecular formula is C8H6BrN3S. The van der Waals surface area contributed by atoms with Crippen molar-refractivity contribution in [3.05, 3.63) is 28.2 Å². The summed E-state index contributed by atoms with van der Waals surface area (Å²) in [6.07, 6.45) is 1.73. The van der Waals surface area contributed by atoms with Gasteiger partial charge in [0.05, 0.1) is 5.69 Å². The molecule has 2 aromatic heterocycles. The molecule has 0 radical (unpaired) electrons. The smallest absolute Gasteiger partial charge is 0.181 e. The molecule has 0 fully saturated rings. The number of aromatic nitrogens is 2. The highest BCUT2D eigenvalue weighted by molar-refractivity contribution is 9.11. The fourth-order valence-electron chi connectivity index (χ4n) is 0.978. The zero-order valence-electron chi connectivity index (χ0n) is 6.57. The van der Waals surface area contributed by atoms with Gasteiger partial charge >= 0.3 is 0 Å². The molecule has 2 aromatic rings. The van der Waals surface area contributed by atoms with Crippen LogP contribution in [0.3, 0.4) is 0 Å². The molecule has 0 spiro atoms. The van der Waals surface area contributed by atoms with Crippen molar-refractivity contribution >= 4 is 32.4 Å². The van der Waals surface area contributed by atoms with E-state index in [4.69, 9.17) is 5.73 Å². The number of pyridine rings is 1. The third-order valence-corrected chi connectivity index (χ3v) is 3.04. The first-order valence-corrected chi connectivity index (χ1v) is 5.21. The van der Waals surface area contributed by atoms with Crippen LogP contribution in [0.25, 0.3) is 11.4 Å². The van der Waals surface area contributed by atoms with Gasteiger partial charge in [-0.1, -0.05) is 17.4 Å². The van der Waals surface area contributed by atoms with Crippen LogP contribution in [0, 0.1) is 0 Å². The third-order valence-electron chi connectivity index (χ3n) is 1.51. The maximum atomic E-state index is 5.57. The number of rotatable bonds is 1. The number of anilines is 1. The highest BCUT2D eigenvalue weighted by Gasteiger charge is 2.09. The van der Waals surface area contributed by atoms with Crippen LogP contribution in [0.2, 0.25) is 0 Å². The van der Waals surface area contributed by atoms with Gasteiger partial charge in [0.15, 0.2) is 5.13 Å². The van der Waals surface area contributed by atoms with E-state index in [2.05, 4.69) is 25.9 Å². The molecule has 0 unspecified atom stereocenters. The summed E-state index contributed by atoms with van der Waals surface area (Å²) in [5.41, 5.74) is 7.21. The van der Waals surface area contributed by atoms with Crippen LogP contribution < -0.4 is 5.73 Å². The highest BCUT2D eigenvalue weighted by atomic mass is 79.9. The van der Waals surface area contributed by atoms with Crippen molar-refractivity contribution in [3.63, 3.8) is 0 Å². The third kappa shape index (κ3) is 1.71. The SMILES string of the molecule is Nc1nc(-c2ccccn2)c(Br)s1. The Morgan fingerprint density at radius 1 is 1.38 bits per heavy atom. The lowest BCUT2D eigenvalue weighted by atomic mass is 10.3. The predicted molar refractivity (Wildman–Crippen MR) is 57.5 cm³/mol. The molecule has 0 amide bonds. The van der Waals surface area contributed by atoms with Crippen molar-refractivity contribution < 1.29 is 0 Å². The second-order valence-corrected chi connectivity index (χ2v) is 4.74. The van der Waals surface area contributed by atoms with E-state index in [0.717, 1.165) is 15.2 Å². The summed E-state index contributed by atoms with van der Waals surface area (Å²) < 4.78 is 0.920. The Balaban J connectivity index is 2.53. The first-order valence-electron chi connectivity index (χ1n) is 3.60. The first-order chi connectivity index (χ1) is 6.27. The van der Waals surface area contributed by atoms with Gasteiger partial charge in [0, 0.05) is 6.20 Å². The van der Waals surface area contributed by atoms with Crippen LogP contribution in [0.1, 0.15) is 0 Å². The molecule has 2 N–H and O–H groups in total. The van der Waals surface area contributed by atoms with Gasteiger partial charge in [0.25, 0.3) is 0 Å². The van der Waals surface area contributed by atoms with Gasteiger partial charge in [-0.15, -0.1) is 0 Å². The monoisotopic (exact) mass is 255 g/mol. The molecule has 66 valence electrons. The minimum atomic E-state index is 0.549. The Kier molecular flexibility index (Phi) is 2.28. The van der Waals surface area contributed by atoms with Gasteiger partial charge < -0.3 is 5.73 Å². The maximum absolute atomic E-state index is 5.57. The van der Waals surface area contributed by atoms with Gasteiger partial charge in [-0.2, -0.15) is 0 Å². The maximum Gasteiger partial charge on any atom is 0.181 e. The number of nitrogen functional groups attached to an aromatic ring is 1. The van der Waals surface area contributed by atoms with Crippen molar-refractivity contribution in [1.82, 2.24) is 9.97 Å². The highest BCUT2D eigenvalue weighted by Crippen LogP contribution is 2.32. The van der Waals surface area contributed by atoms with E-state index in [9.17, 15) is 0 Å². The molecule has 2 heterocycles. The molecule has 2 rings (SSSR count). The minimum absolute atomic E-state index is 0.549. The molecule has 0 atom stereocenters. The lowest BCUT2D eigenvalue weighted by Crippen LogP contribution is -1.85. The number of nitrogens with zero attached hydrogens (tertiary/aromatic N) is 2. The molecule has 0 aromatic carbocycles. The lowest BCUT2D eigenvalue weighted by Gasteiger charge is -1.93. The summed E-state index contributed by atoms with van der Waals surface area (Å²) in [5.74, 6) is 0. The molecule has 0 aliphatic heterocycles. The number of hydrogen-bond acceptors (Lipinski definition) is 4. The van der Waals surface area contributed by atoms with Crippen molar-refractivity contribution in [2.45, 2.75) is 0 Å². The first kappa shape index (κ1) is 8.65. The van der Waals surface area contributed by atoms with Crippen LogP contribution >= 0.6 is 27.3 Å². The van der Waals surface area contributed by atoms with E-state index in [1.165, 1.54) is 11.3 Å². The van der Waals surface area contributed by atoms with Crippen LogP contribution in [0.5, 0.6) is 0 Å². The molecule has 13 heavy (non-hydrogen) atoms. The van der Waals surface area contributed by atoms with Crippen molar-refractivity contribution in [3.8, 4) is 11.4 Å². The van der Waals surface area contributed by atoms with E-state index in [0.29, 0.717) is 5.13 Å². The predicted octanol–water partition coefficient (Wildman–Crippen LogP) is 2.55. The Morgan fingerprint density at radius 2 is 2.23 bits per heavy atom.